The molecule has 0 bridgehead atoms. The molecule has 3 aromatic rings. The number of benzene rings is 2. The summed E-state index contributed by atoms with van der Waals surface area (Å²) in [7, 11) is 1.56. The molecule has 4 rings (SSSR count). The van der Waals surface area contributed by atoms with Gasteiger partial charge in [-0.3, -0.25) is 9.59 Å². The van der Waals surface area contributed by atoms with E-state index in [1.54, 1.807) is 24.3 Å². The summed E-state index contributed by atoms with van der Waals surface area (Å²) < 4.78 is 6.87. The quantitative estimate of drug-likeness (QED) is 0.733. The zero-order valence-electron chi connectivity index (χ0n) is 15.3. The van der Waals surface area contributed by atoms with Gasteiger partial charge in [-0.05, 0) is 24.3 Å². The van der Waals surface area contributed by atoms with Crippen molar-refractivity contribution in [2.24, 2.45) is 0 Å². The average Bonchev–Trinajstić information content (AvgIpc) is 3.36. The summed E-state index contributed by atoms with van der Waals surface area (Å²) in [5.74, 6) is 0.193. The van der Waals surface area contributed by atoms with Crippen molar-refractivity contribution in [2.45, 2.75) is 12.5 Å². The Morgan fingerprint density at radius 2 is 1.89 bits per heavy atom. The van der Waals surface area contributed by atoms with Crippen LogP contribution in [-0.4, -0.2) is 46.5 Å². The summed E-state index contributed by atoms with van der Waals surface area (Å²) in [6.45, 7) is 0.373. The van der Waals surface area contributed by atoms with Crippen LogP contribution >= 0.6 is 0 Å². The third kappa shape index (κ3) is 3.44. The fourth-order valence-corrected chi connectivity index (χ4v) is 3.22. The van der Waals surface area contributed by atoms with Crippen LogP contribution in [0.1, 0.15) is 16.9 Å². The molecule has 0 unspecified atom stereocenters. The number of nitrogens with zero attached hydrogens (tertiary/aromatic N) is 4. The molecule has 142 valence electrons. The van der Waals surface area contributed by atoms with Gasteiger partial charge in [0.15, 0.2) is 5.69 Å². The maximum Gasteiger partial charge on any atom is 0.273 e. The minimum Gasteiger partial charge on any atom is -0.495 e. The molecule has 2 aromatic carbocycles. The molecule has 1 saturated heterocycles. The lowest BCUT2D eigenvalue weighted by Crippen LogP contribution is -2.37. The Kier molecular flexibility index (Phi) is 4.76. The van der Waals surface area contributed by atoms with Crippen LogP contribution in [-0.2, 0) is 4.79 Å². The number of rotatable bonds is 5. The predicted molar refractivity (Wildman–Crippen MR) is 103 cm³/mol. The molecule has 0 spiro atoms. The van der Waals surface area contributed by atoms with Gasteiger partial charge >= 0.3 is 0 Å². The highest BCUT2D eigenvalue weighted by molar-refractivity contribution is 5.99. The number of carbonyl (C=O) groups excluding carboxylic acids is 2. The Morgan fingerprint density at radius 3 is 2.68 bits per heavy atom. The van der Waals surface area contributed by atoms with Crippen molar-refractivity contribution >= 4 is 17.5 Å². The van der Waals surface area contributed by atoms with Gasteiger partial charge in [-0.15, -0.1) is 5.10 Å². The van der Waals surface area contributed by atoms with Gasteiger partial charge in [0, 0.05) is 13.0 Å². The third-order valence-corrected chi connectivity index (χ3v) is 4.58. The molecule has 2 heterocycles. The van der Waals surface area contributed by atoms with Crippen LogP contribution in [0.25, 0.3) is 5.69 Å². The van der Waals surface area contributed by atoms with Crippen molar-refractivity contribution in [2.75, 3.05) is 18.6 Å². The number of nitrogens with one attached hydrogen (secondary N) is 1. The number of carbonyl (C=O) groups is 2. The molecular weight excluding hydrogens is 358 g/mol. The fraction of sp³-hybridized carbons (Fsp3) is 0.200. The van der Waals surface area contributed by atoms with E-state index < -0.39 is 0 Å². The van der Waals surface area contributed by atoms with E-state index in [9.17, 15) is 9.59 Å². The van der Waals surface area contributed by atoms with Crippen LogP contribution in [0.2, 0.25) is 0 Å². The van der Waals surface area contributed by atoms with Crippen LogP contribution in [0.4, 0.5) is 5.69 Å². The van der Waals surface area contributed by atoms with E-state index in [0.717, 1.165) is 5.69 Å². The van der Waals surface area contributed by atoms with Crippen LogP contribution in [0.3, 0.4) is 0 Å². The summed E-state index contributed by atoms with van der Waals surface area (Å²) in [6.07, 6.45) is 1.79. The summed E-state index contributed by atoms with van der Waals surface area (Å²) in [5, 5.41) is 10.8. The first kappa shape index (κ1) is 17.7. The van der Waals surface area contributed by atoms with E-state index in [1.165, 1.54) is 4.68 Å². The predicted octanol–water partition coefficient (Wildman–Crippen LogP) is 1.81. The smallest absolute Gasteiger partial charge is 0.273 e. The number of anilines is 1. The van der Waals surface area contributed by atoms with Crippen LogP contribution in [0, 0.1) is 0 Å². The van der Waals surface area contributed by atoms with Gasteiger partial charge in [-0.1, -0.05) is 35.5 Å². The second-order valence-corrected chi connectivity index (χ2v) is 6.43. The summed E-state index contributed by atoms with van der Waals surface area (Å²) >= 11 is 0. The largest absolute Gasteiger partial charge is 0.495 e. The Labute approximate surface area is 161 Å². The van der Waals surface area contributed by atoms with E-state index in [1.807, 2.05) is 48.5 Å². The van der Waals surface area contributed by atoms with Crippen molar-refractivity contribution < 1.29 is 14.3 Å². The van der Waals surface area contributed by atoms with E-state index in [0.29, 0.717) is 18.0 Å². The second kappa shape index (κ2) is 7.51. The Bertz CT molecular complexity index is 1000. The molecule has 1 aliphatic heterocycles. The lowest BCUT2D eigenvalue weighted by atomic mass is 10.2. The first-order chi connectivity index (χ1) is 13.7. The Hall–Kier alpha value is -3.68. The summed E-state index contributed by atoms with van der Waals surface area (Å²) in [4.78, 5) is 26.6. The Morgan fingerprint density at radius 1 is 1.14 bits per heavy atom. The highest BCUT2D eigenvalue weighted by Gasteiger charge is 2.33. The van der Waals surface area contributed by atoms with Crippen LogP contribution in [0.5, 0.6) is 5.75 Å². The van der Waals surface area contributed by atoms with Gasteiger partial charge in [0.05, 0.1) is 30.7 Å². The topological polar surface area (TPSA) is 89.3 Å². The van der Waals surface area contributed by atoms with Crippen molar-refractivity contribution in [3.8, 4) is 11.4 Å². The molecule has 1 fully saturated rings. The van der Waals surface area contributed by atoms with E-state index in [4.69, 9.17) is 4.74 Å². The second-order valence-electron chi connectivity index (χ2n) is 6.43. The molecule has 0 saturated carbocycles. The summed E-state index contributed by atoms with van der Waals surface area (Å²) in [6, 6.07) is 16.4. The molecule has 1 aliphatic rings. The van der Waals surface area contributed by atoms with Gasteiger partial charge in [0.25, 0.3) is 5.91 Å². The van der Waals surface area contributed by atoms with Crippen molar-refractivity contribution in [3.63, 3.8) is 0 Å². The summed E-state index contributed by atoms with van der Waals surface area (Å²) in [5.41, 5.74) is 1.71. The molecule has 8 nitrogen and oxygen atoms in total. The van der Waals surface area contributed by atoms with E-state index in [2.05, 4.69) is 15.6 Å². The van der Waals surface area contributed by atoms with Gasteiger partial charge in [-0.2, -0.15) is 0 Å². The number of aromatic nitrogens is 3. The van der Waals surface area contributed by atoms with E-state index in [-0.39, 0.29) is 30.0 Å². The number of methoxy groups -OCH3 is 1. The highest BCUT2D eigenvalue weighted by Crippen LogP contribution is 2.31. The normalized spacial score (nSPS) is 16.2. The zero-order chi connectivity index (χ0) is 19.5. The monoisotopic (exact) mass is 377 g/mol. The van der Waals surface area contributed by atoms with Crippen LogP contribution in [0.15, 0.2) is 60.8 Å². The fourth-order valence-electron chi connectivity index (χ4n) is 3.22. The molecule has 0 aliphatic carbocycles. The first-order valence-corrected chi connectivity index (χ1v) is 8.87. The molecule has 0 radical (unpaired) electrons. The lowest BCUT2D eigenvalue weighted by Gasteiger charge is -2.19. The molecule has 1 aromatic heterocycles. The van der Waals surface area contributed by atoms with Crippen molar-refractivity contribution in [1.29, 1.82) is 0 Å². The number of amides is 2. The van der Waals surface area contributed by atoms with E-state index >= 15 is 0 Å². The highest BCUT2D eigenvalue weighted by atomic mass is 16.5. The maximum atomic E-state index is 12.5. The van der Waals surface area contributed by atoms with Crippen molar-refractivity contribution in [1.82, 2.24) is 20.3 Å². The average molecular weight is 377 g/mol. The molecular formula is C20H19N5O3. The van der Waals surface area contributed by atoms with Gasteiger partial charge < -0.3 is 15.0 Å². The third-order valence-electron chi connectivity index (χ3n) is 4.58. The zero-order valence-corrected chi connectivity index (χ0v) is 15.3. The lowest BCUT2D eigenvalue weighted by molar-refractivity contribution is -0.117. The first-order valence-electron chi connectivity index (χ1n) is 8.87. The molecule has 1 N–H and O–H groups in total. The number of hydrogen-bond acceptors (Lipinski definition) is 5. The number of ether oxygens (including phenoxy) is 1. The standard InChI is InChI=1S/C20H19N5O3/c1-28-18-10-6-5-9-17(18)24-12-14(11-19(24)26)21-20(27)16-13-25(23-22-16)15-7-3-2-4-8-15/h2-10,13-14H,11-12H2,1H3,(H,21,27)/t14-/m1/s1. The van der Waals surface area contributed by atoms with Gasteiger partial charge in [-0.25, -0.2) is 4.68 Å². The minimum atomic E-state index is -0.359. The van der Waals surface area contributed by atoms with Gasteiger partial charge in [0.2, 0.25) is 5.91 Å². The molecule has 8 heteroatoms. The van der Waals surface area contributed by atoms with Gasteiger partial charge in [0.1, 0.15) is 5.75 Å². The molecule has 1 atom stereocenters. The minimum absolute atomic E-state index is 0.0669. The van der Waals surface area contributed by atoms with Crippen molar-refractivity contribution in [3.05, 3.63) is 66.5 Å². The molecule has 28 heavy (non-hydrogen) atoms. The number of para-hydroxylation sites is 3. The maximum absolute atomic E-state index is 12.5. The van der Waals surface area contributed by atoms with Crippen LogP contribution < -0.4 is 15.0 Å². The Balaban J connectivity index is 1.45. The molecule has 2 amide bonds. The SMILES string of the molecule is COc1ccccc1N1C[C@H](NC(=O)c2cn(-c3ccccc3)nn2)CC1=O. The number of hydrogen-bond donors (Lipinski definition) is 1.